The van der Waals surface area contributed by atoms with Crippen LogP contribution < -0.4 is 15.8 Å². The van der Waals surface area contributed by atoms with Crippen LogP contribution in [0.3, 0.4) is 0 Å². The third-order valence-corrected chi connectivity index (χ3v) is 15.2. The van der Waals surface area contributed by atoms with E-state index in [0.29, 0.717) is 46.8 Å². The summed E-state index contributed by atoms with van der Waals surface area (Å²) in [5, 5.41) is 8.02. The summed E-state index contributed by atoms with van der Waals surface area (Å²) in [7, 11) is 0. The van der Waals surface area contributed by atoms with Crippen LogP contribution in [0.5, 0.6) is 11.5 Å². The molecule has 17 heteroatoms. The van der Waals surface area contributed by atoms with Crippen molar-refractivity contribution in [2.45, 2.75) is 100 Å². The van der Waals surface area contributed by atoms with Gasteiger partial charge in [0.25, 0.3) is 11.8 Å². The molecule has 3 saturated heterocycles. The maximum Gasteiger partial charge on any atom is 0.263 e. The standard InChI is InChI=1S/C54H64N10O6S/c55-50-48-49(38-22-24-41(25-23-38)70-40-17-9-8-10-18-40)59-64(51(48)57-37-56-50)39-16-14-30-62(36-39)46(66)21-15-29-61-33-31-60(32-34-61)28-11-6-4-2-1-3-5-7-12-35-71-44-20-13-19-42-47(44)54(69)63(53(42)68)43-26-27-45(65)58-52(43)67/h8-10,13,15,17-25,37,39,43H,1-7,11-12,14,16,26-36H2,(H2,55,56,57)(H,58,65,67)/b21-15+/t39-,43?/m1/s1. The van der Waals surface area contributed by atoms with Gasteiger partial charge in [-0.25, -0.2) is 14.6 Å². The molecule has 0 saturated carbocycles. The topological polar surface area (TPSA) is 189 Å². The summed E-state index contributed by atoms with van der Waals surface area (Å²) in [5.74, 6) is 0.853. The van der Waals surface area contributed by atoms with Crippen LogP contribution in [0.25, 0.3) is 22.3 Å². The second-order valence-corrected chi connectivity index (χ2v) is 20.1. The van der Waals surface area contributed by atoms with Crippen molar-refractivity contribution >= 4 is 58.1 Å². The third-order valence-electron chi connectivity index (χ3n) is 14.1. The summed E-state index contributed by atoms with van der Waals surface area (Å²) in [5.41, 5.74) is 9.40. The van der Waals surface area contributed by atoms with Crippen LogP contribution in [0.2, 0.25) is 0 Å². The number of fused-ring (bicyclic) bond motifs is 2. The second-order valence-electron chi connectivity index (χ2n) is 19.0. The van der Waals surface area contributed by atoms with Gasteiger partial charge in [-0.05, 0) is 92.9 Å². The van der Waals surface area contributed by atoms with Crippen LogP contribution in [-0.4, -0.2) is 133 Å². The van der Waals surface area contributed by atoms with Crippen molar-refractivity contribution in [2.24, 2.45) is 0 Å². The van der Waals surface area contributed by atoms with Gasteiger partial charge >= 0.3 is 0 Å². The lowest BCUT2D eigenvalue weighted by atomic mass is 10.0. The number of benzene rings is 3. The van der Waals surface area contributed by atoms with Crippen molar-refractivity contribution in [3.8, 4) is 22.8 Å². The minimum atomic E-state index is -0.951. The van der Waals surface area contributed by atoms with Crippen LogP contribution in [0, 0.1) is 0 Å². The van der Waals surface area contributed by atoms with Gasteiger partial charge in [-0.15, -0.1) is 11.8 Å². The lowest BCUT2D eigenvalue weighted by Gasteiger charge is -2.34. The fourth-order valence-corrected chi connectivity index (χ4v) is 11.3. The maximum atomic E-state index is 13.5. The smallest absolute Gasteiger partial charge is 0.263 e. The molecule has 2 aromatic heterocycles. The van der Waals surface area contributed by atoms with Crippen LogP contribution in [0.15, 0.2) is 96.2 Å². The number of likely N-dealkylation sites (tertiary alicyclic amines) is 1. The normalized spacial score (nSPS) is 19.0. The number of carbonyl (C=O) groups is 5. The molecule has 4 aliphatic heterocycles. The minimum absolute atomic E-state index is 0.0257. The molecule has 3 N–H and O–H groups in total. The summed E-state index contributed by atoms with van der Waals surface area (Å²) in [6.07, 6.45) is 18.0. The molecule has 0 spiro atoms. The van der Waals surface area contributed by atoms with E-state index < -0.39 is 23.8 Å². The number of piperazine rings is 1. The van der Waals surface area contributed by atoms with Gasteiger partial charge in [0.1, 0.15) is 35.4 Å². The Balaban J connectivity index is 0.627. The fourth-order valence-electron chi connectivity index (χ4n) is 10.2. The van der Waals surface area contributed by atoms with E-state index >= 15 is 0 Å². The van der Waals surface area contributed by atoms with Gasteiger partial charge in [-0.3, -0.25) is 39.1 Å². The Morgan fingerprint density at radius 1 is 0.775 bits per heavy atom. The average Bonchev–Trinajstić information content (AvgIpc) is 3.90. The number of anilines is 1. The Morgan fingerprint density at radius 2 is 1.49 bits per heavy atom. The molecule has 3 aromatic carbocycles. The highest BCUT2D eigenvalue weighted by molar-refractivity contribution is 7.99. The predicted octanol–water partition coefficient (Wildman–Crippen LogP) is 7.91. The van der Waals surface area contributed by atoms with E-state index in [0.717, 1.165) is 97.6 Å². The number of hydrogen-bond donors (Lipinski definition) is 2. The van der Waals surface area contributed by atoms with Gasteiger partial charge < -0.3 is 20.3 Å². The Hall–Kier alpha value is -6.43. The first-order chi connectivity index (χ1) is 34.7. The summed E-state index contributed by atoms with van der Waals surface area (Å²) >= 11 is 1.59. The number of unbranched alkanes of at least 4 members (excludes halogenated alkanes) is 8. The van der Waals surface area contributed by atoms with E-state index in [-0.39, 0.29) is 30.7 Å². The summed E-state index contributed by atoms with van der Waals surface area (Å²) in [4.78, 5) is 81.7. The molecule has 1 unspecified atom stereocenters. The van der Waals surface area contributed by atoms with Gasteiger partial charge in [0.05, 0.1) is 22.6 Å². The number of aromatic nitrogens is 4. The number of piperidine rings is 2. The third kappa shape index (κ3) is 12.0. The summed E-state index contributed by atoms with van der Waals surface area (Å²) < 4.78 is 7.94. The fraction of sp³-hybridized carbons (Fsp3) is 0.444. The lowest BCUT2D eigenvalue weighted by Crippen LogP contribution is -2.54. The molecule has 0 radical (unpaired) electrons. The highest BCUT2D eigenvalue weighted by atomic mass is 32.2. The number of nitrogens with two attached hydrogens (primary N) is 1. The van der Waals surface area contributed by atoms with Crippen molar-refractivity contribution in [1.82, 2.24) is 44.7 Å². The molecule has 5 aromatic rings. The largest absolute Gasteiger partial charge is 0.457 e. The van der Waals surface area contributed by atoms with E-state index in [2.05, 4.69) is 25.1 Å². The molecule has 6 heterocycles. The van der Waals surface area contributed by atoms with Crippen LogP contribution in [0.1, 0.15) is 110 Å². The number of nitrogen functional groups attached to an aromatic ring is 1. The van der Waals surface area contributed by atoms with Gasteiger partial charge in [0.15, 0.2) is 5.65 Å². The first kappa shape index (κ1) is 49.5. The van der Waals surface area contributed by atoms with Crippen molar-refractivity contribution in [1.29, 1.82) is 0 Å². The first-order valence-electron chi connectivity index (χ1n) is 25.4. The Kier molecular flexibility index (Phi) is 16.5. The van der Waals surface area contributed by atoms with Crippen LogP contribution >= 0.6 is 11.8 Å². The van der Waals surface area contributed by atoms with Gasteiger partial charge in [-0.2, -0.15) is 5.10 Å². The lowest BCUT2D eigenvalue weighted by molar-refractivity contribution is -0.136. The Bertz CT molecular complexity index is 2720. The number of thioether (sulfide) groups is 1. The number of rotatable bonds is 21. The predicted molar refractivity (Wildman–Crippen MR) is 274 cm³/mol. The number of hydrogen-bond acceptors (Lipinski definition) is 13. The number of para-hydroxylation sites is 1. The molecule has 2 atom stereocenters. The molecule has 71 heavy (non-hydrogen) atoms. The maximum absolute atomic E-state index is 13.5. The molecule has 3 fully saturated rings. The number of imide groups is 2. The van der Waals surface area contributed by atoms with Gasteiger partial charge in [-0.1, -0.05) is 75.3 Å². The highest BCUT2D eigenvalue weighted by Gasteiger charge is 2.45. The van der Waals surface area contributed by atoms with E-state index in [1.54, 1.807) is 30.0 Å². The van der Waals surface area contributed by atoms with E-state index in [1.165, 1.54) is 51.3 Å². The minimum Gasteiger partial charge on any atom is -0.457 e. The Morgan fingerprint density at radius 3 is 2.25 bits per heavy atom. The zero-order valence-corrected chi connectivity index (χ0v) is 41.2. The monoisotopic (exact) mass is 980 g/mol. The molecule has 0 bridgehead atoms. The van der Waals surface area contributed by atoms with Crippen molar-refractivity contribution < 1.29 is 28.7 Å². The molecule has 16 nitrogen and oxygen atoms in total. The van der Waals surface area contributed by atoms with Crippen LogP contribution in [-0.2, 0) is 14.4 Å². The molecule has 372 valence electrons. The molecular weight excluding hydrogens is 917 g/mol. The number of nitrogens with zero attached hydrogens (tertiary/aromatic N) is 8. The summed E-state index contributed by atoms with van der Waals surface area (Å²) in [6.45, 7) is 7.25. The van der Waals surface area contributed by atoms with Crippen molar-refractivity contribution in [3.63, 3.8) is 0 Å². The number of ether oxygens (including phenoxy) is 1. The number of amides is 5. The highest BCUT2D eigenvalue weighted by Crippen LogP contribution is 2.37. The quantitative estimate of drug-likeness (QED) is 0.0313. The van der Waals surface area contributed by atoms with E-state index in [9.17, 15) is 24.0 Å². The molecule has 9 rings (SSSR count). The zero-order chi connectivity index (χ0) is 49.1. The van der Waals surface area contributed by atoms with Gasteiger partial charge in [0, 0.05) is 68.8 Å². The molecule has 5 amide bonds. The first-order valence-corrected chi connectivity index (χ1v) is 26.4. The molecule has 0 aliphatic carbocycles. The van der Waals surface area contributed by atoms with E-state index in [4.69, 9.17) is 15.6 Å². The number of nitrogens with one attached hydrogen (secondary N) is 1. The molecular formula is C54H64N10O6S. The van der Waals surface area contributed by atoms with E-state index in [1.807, 2.05) is 76.3 Å². The average molecular weight is 981 g/mol. The number of carbonyl (C=O) groups excluding carboxylic acids is 5. The zero-order valence-electron chi connectivity index (χ0n) is 40.4. The Labute approximate surface area is 419 Å². The summed E-state index contributed by atoms with van der Waals surface area (Å²) in [6, 6.07) is 21.7. The second kappa shape index (κ2) is 23.7. The van der Waals surface area contributed by atoms with Crippen LogP contribution in [0.4, 0.5) is 5.82 Å². The molecule has 4 aliphatic rings. The van der Waals surface area contributed by atoms with Crippen molar-refractivity contribution in [3.05, 3.63) is 102 Å². The van der Waals surface area contributed by atoms with Gasteiger partial charge in [0.2, 0.25) is 17.7 Å². The SMILES string of the molecule is Nc1ncnc2c1c(-c1ccc(Oc3ccccc3)cc1)nn2[C@@H]1CCCN(C(=O)/C=C/CN2CCN(CCCCCCCCCCCSc3cccc4c3C(=O)N(C3CCC(=O)NC3=O)C4=O)CC2)C1. The van der Waals surface area contributed by atoms with Crippen molar-refractivity contribution in [2.75, 3.05) is 63.8 Å².